The first-order valence-electron chi connectivity index (χ1n) is 9.40. The SMILES string of the molecule is O=C(NCCCn1ccnc1)C1CCN(S(=O)(=O)Cc2ccc(Cl)cc2)CC1. The van der Waals surface area contributed by atoms with Crippen molar-refractivity contribution >= 4 is 27.5 Å². The van der Waals surface area contributed by atoms with Gasteiger partial charge in [0.05, 0.1) is 12.1 Å². The summed E-state index contributed by atoms with van der Waals surface area (Å²) in [5.74, 6) is -0.162. The highest BCUT2D eigenvalue weighted by molar-refractivity contribution is 7.88. The number of rotatable bonds is 8. The van der Waals surface area contributed by atoms with Crippen LogP contribution in [0.3, 0.4) is 0 Å². The molecule has 1 aliphatic heterocycles. The molecule has 0 aliphatic carbocycles. The summed E-state index contributed by atoms with van der Waals surface area (Å²) in [7, 11) is -3.39. The topological polar surface area (TPSA) is 84.3 Å². The maximum Gasteiger partial charge on any atom is 0.223 e. The smallest absolute Gasteiger partial charge is 0.223 e. The van der Waals surface area contributed by atoms with Crippen LogP contribution in [0.2, 0.25) is 5.02 Å². The molecule has 0 unspecified atom stereocenters. The lowest BCUT2D eigenvalue weighted by molar-refractivity contribution is -0.126. The number of nitrogens with zero attached hydrogens (tertiary/aromatic N) is 3. The molecule has 1 fully saturated rings. The predicted octanol–water partition coefficient (Wildman–Crippen LogP) is 2.28. The van der Waals surface area contributed by atoms with Crippen molar-refractivity contribution in [3.63, 3.8) is 0 Å². The van der Waals surface area contributed by atoms with E-state index in [0.29, 0.717) is 43.1 Å². The van der Waals surface area contributed by atoms with Crippen LogP contribution in [0.15, 0.2) is 43.0 Å². The number of imidazole rings is 1. The highest BCUT2D eigenvalue weighted by Crippen LogP contribution is 2.22. The number of aromatic nitrogens is 2. The van der Waals surface area contributed by atoms with Crippen LogP contribution in [-0.2, 0) is 27.1 Å². The van der Waals surface area contributed by atoms with E-state index in [2.05, 4.69) is 10.3 Å². The summed E-state index contributed by atoms with van der Waals surface area (Å²) >= 11 is 5.85. The zero-order chi connectivity index (χ0) is 20.0. The summed E-state index contributed by atoms with van der Waals surface area (Å²) in [5, 5.41) is 3.54. The van der Waals surface area contributed by atoms with E-state index in [9.17, 15) is 13.2 Å². The zero-order valence-corrected chi connectivity index (χ0v) is 17.2. The number of benzene rings is 1. The van der Waals surface area contributed by atoms with Gasteiger partial charge in [0.15, 0.2) is 0 Å². The van der Waals surface area contributed by atoms with Crippen LogP contribution in [0.25, 0.3) is 0 Å². The van der Waals surface area contributed by atoms with Crippen molar-refractivity contribution in [3.8, 4) is 0 Å². The molecule has 1 amide bonds. The number of carbonyl (C=O) groups is 1. The minimum absolute atomic E-state index is 0.0142. The molecule has 28 heavy (non-hydrogen) atoms. The maximum absolute atomic E-state index is 12.6. The molecule has 0 atom stereocenters. The lowest BCUT2D eigenvalue weighted by atomic mass is 9.97. The Balaban J connectivity index is 1.41. The molecule has 1 aliphatic rings. The fraction of sp³-hybridized carbons (Fsp3) is 0.474. The van der Waals surface area contributed by atoms with Crippen molar-refractivity contribution in [1.82, 2.24) is 19.2 Å². The van der Waals surface area contributed by atoms with Crippen molar-refractivity contribution in [2.75, 3.05) is 19.6 Å². The monoisotopic (exact) mass is 424 g/mol. The fourth-order valence-corrected chi connectivity index (χ4v) is 5.00. The number of carbonyl (C=O) groups excluding carboxylic acids is 1. The Morgan fingerprint density at radius 1 is 1.21 bits per heavy atom. The highest BCUT2D eigenvalue weighted by atomic mass is 35.5. The molecular formula is C19H25ClN4O3S. The minimum Gasteiger partial charge on any atom is -0.356 e. The lowest BCUT2D eigenvalue weighted by Gasteiger charge is -2.30. The van der Waals surface area contributed by atoms with Crippen molar-refractivity contribution in [1.29, 1.82) is 0 Å². The Bertz CT molecular complexity index is 861. The molecule has 1 aromatic carbocycles. The molecule has 9 heteroatoms. The van der Waals surface area contributed by atoms with E-state index < -0.39 is 10.0 Å². The molecule has 152 valence electrons. The molecule has 2 heterocycles. The van der Waals surface area contributed by atoms with Crippen LogP contribution < -0.4 is 5.32 Å². The molecule has 1 saturated heterocycles. The van der Waals surface area contributed by atoms with Gasteiger partial charge < -0.3 is 9.88 Å². The zero-order valence-electron chi connectivity index (χ0n) is 15.6. The quantitative estimate of drug-likeness (QED) is 0.659. The first kappa shape index (κ1) is 20.8. The van der Waals surface area contributed by atoms with Crippen LogP contribution in [0, 0.1) is 5.92 Å². The van der Waals surface area contributed by atoms with Crippen LogP contribution >= 0.6 is 11.6 Å². The number of hydrogen-bond acceptors (Lipinski definition) is 4. The third kappa shape index (κ3) is 5.80. The second-order valence-corrected chi connectivity index (χ2v) is 9.41. The van der Waals surface area contributed by atoms with E-state index in [1.165, 1.54) is 4.31 Å². The van der Waals surface area contributed by atoms with Gasteiger partial charge in [0, 0.05) is 49.5 Å². The average Bonchev–Trinajstić information content (AvgIpc) is 3.20. The number of halogens is 1. The molecule has 0 radical (unpaired) electrons. The van der Waals surface area contributed by atoms with E-state index in [1.807, 2.05) is 10.8 Å². The van der Waals surface area contributed by atoms with Gasteiger partial charge in [-0.05, 0) is 37.0 Å². The first-order valence-corrected chi connectivity index (χ1v) is 11.4. The third-order valence-corrected chi connectivity index (χ3v) is 7.03. The van der Waals surface area contributed by atoms with E-state index >= 15 is 0 Å². The summed E-state index contributed by atoms with van der Waals surface area (Å²) in [6, 6.07) is 6.83. The van der Waals surface area contributed by atoms with Crippen LogP contribution in [-0.4, -0.2) is 47.8 Å². The predicted molar refractivity (Wildman–Crippen MR) is 108 cm³/mol. The lowest BCUT2D eigenvalue weighted by Crippen LogP contribution is -2.43. The van der Waals surface area contributed by atoms with Gasteiger partial charge in [-0.25, -0.2) is 17.7 Å². The van der Waals surface area contributed by atoms with Crippen molar-refractivity contribution in [3.05, 3.63) is 53.6 Å². The van der Waals surface area contributed by atoms with Gasteiger partial charge in [0.25, 0.3) is 0 Å². The first-order chi connectivity index (χ1) is 13.4. The van der Waals surface area contributed by atoms with E-state index in [-0.39, 0.29) is 17.6 Å². The Morgan fingerprint density at radius 2 is 1.93 bits per heavy atom. The number of nitrogens with one attached hydrogen (secondary N) is 1. The number of hydrogen-bond donors (Lipinski definition) is 1. The van der Waals surface area contributed by atoms with E-state index in [4.69, 9.17) is 11.6 Å². The molecule has 1 aromatic heterocycles. The summed E-state index contributed by atoms with van der Waals surface area (Å²) in [6.07, 6.45) is 7.30. The maximum atomic E-state index is 12.6. The molecule has 2 aromatic rings. The highest BCUT2D eigenvalue weighted by Gasteiger charge is 2.31. The molecule has 3 rings (SSSR count). The van der Waals surface area contributed by atoms with Gasteiger partial charge in [-0.15, -0.1) is 0 Å². The number of amides is 1. The minimum atomic E-state index is -3.39. The Labute approximate surface area is 170 Å². The molecule has 0 saturated carbocycles. The Kier molecular flexibility index (Phi) is 7.09. The number of sulfonamides is 1. The second-order valence-electron chi connectivity index (χ2n) is 7.00. The largest absolute Gasteiger partial charge is 0.356 e. The second kappa shape index (κ2) is 9.54. The van der Waals surface area contributed by atoms with Gasteiger partial charge in [-0.1, -0.05) is 23.7 Å². The average molecular weight is 425 g/mol. The van der Waals surface area contributed by atoms with Crippen molar-refractivity contribution in [2.24, 2.45) is 5.92 Å². The van der Waals surface area contributed by atoms with Gasteiger partial charge >= 0.3 is 0 Å². The van der Waals surface area contributed by atoms with Gasteiger partial charge in [0.2, 0.25) is 15.9 Å². The van der Waals surface area contributed by atoms with Crippen LogP contribution in [0.4, 0.5) is 0 Å². The summed E-state index contributed by atoms with van der Waals surface area (Å²) < 4.78 is 28.7. The third-order valence-electron chi connectivity index (χ3n) is 4.93. The Morgan fingerprint density at radius 3 is 2.57 bits per heavy atom. The Hall–Kier alpha value is -1.90. The normalized spacial score (nSPS) is 16.2. The summed E-state index contributed by atoms with van der Waals surface area (Å²) in [4.78, 5) is 16.3. The van der Waals surface area contributed by atoms with Crippen molar-refractivity contribution < 1.29 is 13.2 Å². The van der Waals surface area contributed by atoms with Gasteiger partial charge in [-0.2, -0.15) is 0 Å². The number of aryl methyl sites for hydroxylation is 1. The van der Waals surface area contributed by atoms with Gasteiger partial charge in [-0.3, -0.25) is 4.79 Å². The van der Waals surface area contributed by atoms with E-state index in [0.717, 1.165) is 13.0 Å². The molecule has 0 spiro atoms. The van der Waals surface area contributed by atoms with Gasteiger partial charge in [0.1, 0.15) is 0 Å². The summed E-state index contributed by atoms with van der Waals surface area (Å²) in [5.41, 5.74) is 0.710. The van der Waals surface area contributed by atoms with Crippen molar-refractivity contribution in [2.45, 2.75) is 31.6 Å². The molecular weight excluding hydrogens is 400 g/mol. The number of piperidine rings is 1. The van der Waals surface area contributed by atoms with Crippen LogP contribution in [0.5, 0.6) is 0 Å². The summed E-state index contributed by atoms with van der Waals surface area (Å²) in [6.45, 7) is 2.17. The molecule has 0 bridgehead atoms. The van der Waals surface area contributed by atoms with E-state index in [1.54, 1.807) is 36.8 Å². The standard InChI is InChI=1S/C19H25ClN4O3S/c20-18-4-2-16(3-5-18)14-28(26,27)24-11-6-17(7-12-24)19(25)22-8-1-10-23-13-9-21-15-23/h2-5,9,13,15,17H,1,6-8,10-12,14H2,(H,22,25). The fourth-order valence-electron chi connectivity index (χ4n) is 3.32. The van der Waals surface area contributed by atoms with Crippen LogP contribution in [0.1, 0.15) is 24.8 Å². The molecule has 7 nitrogen and oxygen atoms in total. The molecule has 1 N–H and O–H groups in total.